The van der Waals surface area contributed by atoms with Gasteiger partial charge in [0, 0.05) is 29.3 Å². The zero-order valence-corrected chi connectivity index (χ0v) is 22.3. The normalized spacial score (nSPS) is 16.6. The molecule has 3 aromatic heterocycles. The van der Waals surface area contributed by atoms with Crippen LogP contribution in [0.1, 0.15) is 60.2 Å². The fourth-order valence-corrected chi connectivity index (χ4v) is 5.04. The predicted octanol–water partition coefficient (Wildman–Crippen LogP) is 4.47. The highest BCUT2D eigenvalue weighted by atomic mass is 16.5. The van der Waals surface area contributed by atoms with Crippen LogP contribution in [0.3, 0.4) is 0 Å². The molecule has 2 N–H and O–H groups in total. The fraction of sp³-hybridized carbons (Fsp3) is 0.300. The Morgan fingerprint density at radius 2 is 1.40 bits per heavy atom. The number of benzene rings is 1. The number of nitrogens with one attached hydrogen (secondary N) is 2. The number of anilines is 2. The van der Waals surface area contributed by atoms with E-state index in [1.165, 1.54) is 0 Å². The van der Waals surface area contributed by atoms with Crippen molar-refractivity contribution in [3.8, 4) is 5.75 Å². The van der Waals surface area contributed by atoms with E-state index in [1.54, 1.807) is 25.4 Å². The summed E-state index contributed by atoms with van der Waals surface area (Å²) >= 11 is 0. The molecule has 40 heavy (non-hydrogen) atoms. The Morgan fingerprint density at radius 1 is 0.775 bits per heavy atom. The second-order valence-corrected chi connectivity index (χ2v) is 9.83. The molecule has 0 radical (unpaired) electrons. The van der Waals surface area contributed by atoms with Gasteiger partial charge in [0.15, 0.2) is 11.6 Å². The van der Waals surface area contributed by atoms with Gasteiger partial charge in [0.25, 0.3) is 0 Å². The maximum absolute atomic E-state index is 12.5. The van der Waals surface area contributed by atoms with E-state index in [-0.39, 0.29) is 36.5 Å². The molecule has 1 aliphatic rings. The molecular formula is C30H31N7O3. The van der Waals surface area contributed by atoms with E-state index in [2.05, 4.69) is 36.0 Å². The Balaban J connectivity index is 1.14. The number of amides is 2. The molecule has 10 nitrogen and oxygen atoms in total. The van der Waals surface area contributed by atoms with Crippen LogP contribution in [-0.4, -0.2) is 44.3 Å². The van der Waals surface area contributed by atoms with E-state index in [0.717, 1.165) is 42.6 Å². The van der Waals surface area contributed by atoms with Gasteiger partial charge in [-0.15, -0.1) is 10.2 Å². The monoisotopic (exact) mass is 537 g/mol. The Morgan fingerprint density at radius 3 is 1.98 bits per heavy atom. The number of aromatic nitrogens is 5. The minimum atomic E-state index is -0.184. The largest absolute Gasteiger partial charge is 0.496 e. The summed E-state index contributed by atoms with van der Waals surface area (Å²) in [6.07, 6.45) is 5.98. The smallest absolute Gasteiger partial charge is 0.231 e. The Bertz CT molecular complexity index is 1430. The van der Waals surface area contributed by atoms with Crippen LogP contribution in [0, 0.1) is 0 Å². The first-order valence-electron chi connectivity index (χ1n) is 13.4. The van der Waals surface area contributed by atoms with E-state index in [4.69, 9.17) is 4.74 Å². The molecule has 2 amide bonds. The van der Waals surface area contributed by atoms with Crippen LogP contribution in [0.25, 0.3) is 0 Å². The Hall–Kier alpha value is -4.73. The zero-order chi connectivity index (χ0) is 27.7. The van der Waals surface area contributed by atoms with Crippen molar-refractivity contribution in [1.29, 1.82) is 0 Å². The van der Waals surface area contributed by atoms with Crippen molar-refractivity contribution in [3.05, 3.63) is 95.6 Å². The second-order valence-electron chi connectivity index (χ2n) is 9.83. The Labute approximate surface area is 232 Å². The van der Waals surface area contributed by atoms with Crippen molar-refractivity contribution >= 4 is 23.5 Å². The molecule has 10 heteroatoms. The number of nitrogens with zero attached hydrogens (tertiary/aromatic N) is 5. The van der Waals surface area contributed by atoms with Gasteiger partial charge in [-0.3, -0.25) is 14.6 Å². The van der Waals surface area contributed by atoms with Gasteiger partial charge < -0.3 is 15.4 Å². The first-order chi connectivity index (χ1) is 19.6. The topological polar surface area (TPSA) is 132 Å². The quantitative estimate of drug-likeness (QED) is 0.320. The third-order valence-corrected chi connectivity index (χ3v) is 7.03. The summed E-state index contributed by atoms with van der Waals surface area (Å²) in [7, 11) is 1.59. The molecule has 0 saturated heterocycles. The third kappa shape index (κ3) is 7.02. The molecule has 1 aromatic carbocycles. The molecule has 204 valence electrons. The molecule has 1 aliphatic carbocycles. The number of para-hydroxylation sites is 1. The van der Waals surface area contributed by atoms with Crippen LogP contribution in [0.5, 0.6) is 5.75 Å². The van der Waals surface area contributed by atoms with E-state index in [0.29, 0.717) is 23.1 Å². The fourth-order valence-electron chi connectivity index (χ4n) is 5.04. The molecule has 2 unspecified atom stereocenters. The average molecular weight is 538 g/mol. The van der Waals surface area contributed by atoms with E-state index in [1.807, 2.05) is 54.6 Å². The third-order valence-electron chi connectivity index (χ3n) is 7.03. The molecular weight excluding hydrogens is 506 g/mol. The van der Waals surface area contributed by atoms with Crippen LogP contribution in [-0.2, 0) is 22.4 Å². The lowest BCUT2D eigenvalue weighted by Gasteiger charge is -2.28. The summed E-state index contributed by atoms with van der Waals surface area (Å²) < 4.78 is 5.33. The van der Waals surface area contributed by atoms with Gasteiger partial charge in [-0.2, -0.15) is 10.2 Å². The number of carbonyl (C=O) groups excluding carboxylic acids is 2. The molecule has 2 atom stereocenters. The van der Waals surface area contributed by atoms with Gasteiger partial charge in [-0.05, 0) is 61.7 Å². The molecule has 0 spiro atoms. The van der Waals surface area contributed by atoms with Crippen molar-refractivity contribution in [2.24, 2.45) is 0 Å². The maximum atomic E-state index is 12.5. The highest BCUT2D eigenvalue weighted by Crippen LogP contribution is 2.40. The first-order valence-corrected chi connectivity index (χ1v) is 13.4. The lowest BCUT2D eigenvalue weighted by Crippen LogP contribution is -2.19. The van der Waals surface area contributed by atoms with E-state index >= 15 is 0 Å². The minimum absolute atomic E-state index is 0.180. The number of carbonyl (C=O) groups is 2. The number of pyridine rings is 1. The van der Waals surface area contributed by atoms with Gasteiger partial charge in [0.05, 0.1) is 31.3 Å². The van der Waals surface area contributed by atoms with Crippen LogP contribution in [0.2, 0.25) is 0 Å². The number of methoxy groups -OCH3 is 1. The molecule has 1 fully saturated rings. The highest BCUT2D eigenvalue weighted by molar-refractivity contribution is 5.92. The first kappa shape index (κ1) is 26.9. The van der Waals surface area contributed by atoms with Gasteiger partial charge in [-0.1, -0.05) is 30.7 Å². The number of hydrogen-bond donors (Lipinski definition) is 2. The Kier molecular flexibility index (Phi) is 8.65. The van der Waals surface area contributed by atoms with Crippen molar-refractivity contribution in [2.75, 3.05) is 17.7 Å². The lowest BCUT2D eigenvalue weighted by molar-refractivity contribution is -0.116. The SMILES string of the molecule is COc1ccccc1CC(=O)Nc1ccc(C2CCCC(c3ccc(NC(=O)Cc4ccccn4)nn3)C2)nn1. The van der Waals surface area contributed by atoms with Crippen molar-refractivity contribution in [3.63, 3.8) is 0 Å². The van der Waals surface area contributed by atoms with Crippen molar-refractivity contribution < 1.29 is 14.3 Å². The number of ether oxygens (including phenoxy) is 1. The molecule has 3 heterocycles. The van der Waals surface area contributed by atoms with Crippen LogP contribution in [0.4, 0.5) is 11.6 Å². The molecule has 0 aliphatic heterocycles. The summed E-state index contributed by atoms with van der Waals surface area (Å²) in [6.45, 7) is 0. The summed E-state index contributed by atoms with van der Waals surface area (Å²) in [5.41, 5.74) is 3.31. The summed E-state index contributed by atoms with van der Waals surface area (Å²) in [5, 5.41) is 22.9. The number of rotatable bonds is 9. The summed E-state index contributed by atoms with van der Waals surface area (Å²) in [5.74, 6) is 1.64. The molecule has 5 rings (SSSR count). The molecule has 4 aromatic rings. The van der Waals surface area contributed by atoms with Crippen molar-refractivity contribution in [1.82, 2.24) is 25.4 Å². The van der Waals surface area contributed by atoms with Gasteiger partial charge in [0.2, 0.25) is 11.8 Å². The highest BCUT2D eigenvalue weighted by Gasteiger charge is 2.27. The maximum Gasteiger partial charge on any atom is 0.231 e. The summed E-state index contributed by atoms with van der Waals surface area (Å²) in [6, 6.07) is 20.4. The van der Waals surface area contributed by atoms with E-state index in [9.17, 15) is 9.59 Å². The van der Waals surface area contributed by atoms with Crippen molar-refractivity contribution in [2.45, 2.75) is 50.4 Å². The van der Waals surface area contributed by atoms with Gasteiger partial charge in [-0.25, -0.2) is 0 Å². The zero-order valence-electron chi connectivity index (χ0n) is 22.3. The van der Waals surface area contributed by atoms with Gasteiger partial charge >= 0.3 is 0 Å². The van der Waals surface area contributed by atoms with Gasteiger partial charge in [0.1, 0.15) is 5.75 Å². The lowest BCUT2D eigenvalue weighted by atomic mass is 9.78. The van der Waals surface area contributed by atoms with Crippen LogP contribution in [0.15, 0.2) is 72.9 Å². The molecule has 0 bridgehead atoms. The number of hydrogen-bond acceptors (Lipinski definition) is 8. The minimum Gasteiger partial charge on any atom is -0.496 e. The predicted molar refractivity (Wildman–Crippen MR) is 150 cm³/mol. The average Bonchev–Trinajstić information content (AvgIpc) is 2.99. The van der Waals surface area contributed by atoms with Crippen LogP contribution < -0.4 is 15.4 Å². The standard InChI is InChI=1S/C30H31N7O3/c1-40-26-11-3-2-7-22(26)18-29(38)32-27-14-12-24(34-36-27)20-8-6-9-21(17-20)25-13-15-28(37-35-25)33-30(39)19-23-10-4-5-16-31-23/h2-5,7,10-16,20-21H,6,8-9,17-19H2,1H3,(H,32,36,38)(H,33,37,39). The van der Waals surface area contributed by atoms with Crippen LogP contribution >= 0.6 is 0 Å². The van der Waals surface area contributed by atoms with E-state index < -0.39 is 0 Å². The summed E-state index contributed by atoms with van der Waals surface area (Å²) in [4.78, 5) is 29.0. The molecule has 1 saturated carbocycles. The second kappa shape index (κ2) is 12.9.